The number of sulfonamides is 1. The maximum Gasteiger partial charge on any atom is 0.331 e. The minimum Gasteiger partial charge on any atom is -0.479 e. The van der Waals surface area contributed by atoms with E-state index >= 15 is 0 Å². The van der Waals surface area contributed by atoms with E-state index in [1.54, 1.807) is 11.4 Å². The summed E-state index contributed by atoms with van der Waals surface area (Å²) >= 11 is 1.46. The molecule has 1 aliphatic heterocycles. The summed E-state index contributed by atoms with van der Waals surface area (Å²) in [6.07, 6.45) is 0.583. The maximum atomic E-state index is 12.0. The van der Waals surface area contributed by atoms with E-state index < -0.39 is 33.8 Å². The van der Waals surface area contributed by atoms with Gasteiger partial charge < -0.3 is 15.3 Å². The molecular formula is C11H15N3O5S2. The molecule has 0 saturated heterocycles. The molecule has 2 rings (SSSR count). The molecule has 2 amide bonds. The first-order chi connectivity index (χ1) is 9.79. The fourth-order valence-electron chi connectivity index (χ4n) is 2.20. The van der Waals surface area contributed by atoms with Crippen LogP contribution in [-0.4, -0.2) is 49.3 Å². The zero-order valence-electron chi connectivity index (χ0n) is 11.0. The third-order valence-electron chi connectivity index (χ3n) is 3.12. The Bertz CT molecular complexity index is 655. The van der Waals surface area contributed by atoms with E-state index in [2.05, 4.69) is 5.32 Å². The van der Waals surface area contributed by atoms with Gasteiger partial charge in [0.25, 0.3) is 0 Å². The second-order valence-corrected chi connectivity index (χ2v) is 7.32. The number of rotatable bonds is 4. The van der Waals surface area contributed by atoms with Gasteiger partial charge in [-0.3, -0.25) is 0 Å². The number of thiophene rings is 1. The summed E-state index contributed by atoms with van der Waals surface area (Å²) in [4.78, 5) is 25.6. The normalized spacial score (nSPS) is 18.1. The van der Waals surface area contributed by atoms with Gasteiger partial charge in [0.1, 0.15) is 0 Å². The van der Waals surface area contributed by atoms with Crippen LogP contribution in [0.15, 0.2) is 11.4 Å². The van der Waals surface area contributed by atoms with E-state index in [-0.39, 0.29) is 13.1 Å². The van der Waals surface area contributed by atoms with Crippen molar-refractivity contribution in [1.29, 1.82) is 0 Å². The number of hydrogen-bond acceptors (Lipinski definition) is 5. The molecule has 0 saturated carbocycles. The van der Waals surface area contributed by atoms with Crippen LogP contribution in [0.25, 0.3) is 0 Å². The molecule has 1 atom stereocenters. The molecule has 4 N–H and O–H groups in total. The Balaban J connectivity index is 2.08. The first-order valence-corrected chi connectivity index (χ1v) is 8.73. The first-order valence-electron chi connectivity index (χ1n) is 6.13. The highest BCUT2D eigenvalue weighted by molar-refractivity contribution is 7.89. The van der Waals surface area contributed by atoms with Gasteiger partial charge in [0.15, 0.2) is 6.04 Å². The number of carbonyl (C=O) groups excluding carboxylic acids is 1. The van der Waals surface area contributed by atoms with E-state index in [4.69, 9.17) is 5.14 Å². The van der Waals surface area contributed by atoms with Crippen LogP contribution < -0.4 is 10.5 Å². The summed E-state index contributed by atoms with van der Waals surface area (Å²) in [5, 5.41) is 18.4. The van der Waals surface area contributed by atoms with Crippen molar-refractivity contribution >= 4 is 33.4 Å². The highest BCUT2D eigenvalue weighted by Crippen LogP contribution is 2.33. The van der Waals surface area contributed by atoms with E-state index in [0.29, 0.717) is 12.0 Å². The lowest BCUT2D eigenvalue weighted by atomic mass is 10.0. The minimum atomic E-state index is -3.67. The quantitative estimate of drug-likeness (QED) is 0.698. The Labute approximate surface area is 125 Å². The van der Waals surface area contributed by atoms with Crippen LogP contribution in [0.3, 0.4) is 0 Å². The lowest BCUT2D eigenvalue weighted by Crippen LogP contribution is -2.48. The number of carboxylic acid groups (broad SMARTS) is 1. The number of aliphatic carboxylic acids is 1. The second-order valence-electron chi connectivity index (χ2n) is 4.58. The number of nitrogens with zero attached hydrogens (tertiary/aromatic N) is 1. The Morgan fingerprint density at radius 1 is 1.52 bits per heavy atom. The number of amides is 2. The number of fused-ring (bicyclic) bond motifs is 1. The number of hydrogen-bond donors (Lipinski definition) is 3. The molecule has 21 heavy (non-hydrogen) atoms. The lowest BCUT2D eigenvalue weighted by Gasteiger charge is -2.33. The van der Waals surface area contributed by atoms with Crippen LogP contribution >= 0.6 is 11.3 Å². The summed E-state index contributed by atoms with van der Waals surface area (Å²) in [5.41, 5.74) is 0.611. The average Bonchev–Trinajstić information content (AvgIpc) is 2.83. The summed E-state index contributed by atoms with van der Waals surface area (Å²) in [6.45, 7) is 0.114. The highest BCUT2D eigenvalue weighted by Gasteiger charge is 2.36. The van der Waals surface area contributed by atoms with Gasteiger partial charge in [-0.05, 0) is 23.4 Å². The predicted octanol–water partition coefficient (Wildman–Crippen LogP) is -0.270. The summed E-state index contributed by atoms with van der Waals surface area (Å²) in [5.74, 6) is -1.51. The zero-order valence-corrected chi connectivity index (χ0v) is 12.6. The van der Waals surface area contributed by atoms with Crippen molar-refractivity contribution in [3.05, 3.63) is 21.9 Å². The second kappa shape index (κ2) is 6.00. The molecule has 1 aromatic rings. The van der Waals surface area contributed by atoms with Gasteiger partial charge in [-0.1, -0.05) is 0 Å². The van der Waals surface area contributed by atoms with Crippen LogP contribution in [0.5, 0.6) is 0 Å². The number of carbonyl (C=O) groups is 2. The Morgan fingerprint density at radius 3 is 2.86 bits per heavy atom. The molecule has 10 heteroatoms. The molecule has 1 aromatic heterocycles. The Hall–Kier alpha value is -1.65. The lowest BCUT2D eigenvalue weighted by molar-refractivity contribution is -0.142. The van der Waals surface area contributed by atoms with Crippen molar-refractivity contribution in [1.82, 2.24) is 10.2 Å². The SMILES string of the molecule is NS(=O)(=O)CCNC(=O)N1CCc2sccc2C1C(=O)O. The largest absolute Gasteiger partial charge is 0.479 e. The molecule has 2 heterocycles. The molecule has 0 radical (unpaired) electrons. The monoisotopic (exact) mass is 333 g/mol. The van der Waals surface area contributed by atoms with Crippen molar-refractivity contribution in [2.75, 3.05) is 18.8 Å². The fourth-order valence-corrected chi connectivity index (χ4v) is 3.49. The first kappa shape index (κ1) is 15.7. The summed E-state index contributed by atoms with van der Waals surface area (Å²) in [6, 6.07) is 0.0418. The third-order valence-corrected chi connectivity index (χ3v) is 4.89. The fraction of sp³-hybridized carbons (Fsp3) is 0.455. The average molecular weight is 333 g/mol. The Kier molecular flexibility index (Phi) is 4.49. The van der Waals surface area contributed by atoms with Gasteiger partial charge in [0.2, 0.25) is 10.0 Å². The molecular weight excluding hydrogens is 318 g/mol. The van der Waals surface area contributed by atoms with Gasteiger partial charge in [0, 0.05) is 18.0 Å². The molecule has 116 valence electrons. The number of carboxylic acids is 1. The van der Waals surface area contributed by atoms with E-state index in [9.17, 15) is 23.1 Å². The molecule has 0 fully saturated rings. The number of nitrogens with two attached hydrogens (primary N) is 1. The van der Waals surface area contributed by atoms with E-state index in [0.717, 1.165) is 4.88 Å². The maximum absolute atomic E-state index is 12.0. The third kappa shape index (κ3) is 3.71. The zero-order chi connectivity index (χ0) is 15.6. The number of primary sulfonamides is 1. The molecule has 1 aliphatic rings. The number of urea groups is 1. The van der Waals surface area contributed by atoms with Crippen molar-refractivity contribution in [3.63, 3.8) is 0 Å². The molecule has 0 aliphatic carbocycles. The van der Waals surface area contributed by atoms with Crippen LogP contribution in [0.4, 0.5) is 4.79 Å². The minimum absolute atomic E-state index is 0.156. The molecule has 8 nitrogen and oxygen atoms in total. The van der Waals surface area contributed by atoms with Gasteiger partial charge in [-0.25, -0.2) is 23.1 Å². The van der Waals surface area contributed by atoms with Crippen LogP contribution in [0.2, 0.25) is 0 Å². The Morgan fingerprint density at radius 2 is 2.24 bits per heavy atom. The standard InChI is InChI=1S/C11H15N3O5S2/c12-21(18,19)6-3-13-11(17)14-4-1-8-7(2-5-20-8)9(14)10(15)16/h2,5,9H,1,3-4,6H2,(H,13,17)(H,15,16)(H2,12,18,19). The van der Waals surface area contributed by atoms with Crippen LogP contribution in [0, 0.1) is 0 Å². The van der Waals surface area contributed by atoms with Crippen molar-refractivity contribution in [3.8, 4) is 0 Å². The topological polar surface area (TPSA) is 130 Å². The molecule has 0 spiro atoms. The van der Waals surface area contributed by atoms with Gasteiger partial charge in [-0.2, -0.15) is 0 Å². The van der Waals surface area contributed by atoms with E-state index in [1.165, 1.54) is 16.2 Å². The van der Waals surface area contributed by atoms with Gasteiger partial charge in [-0.15, -0.1) is 11.3 Å². The van der Waals surface area contributed by atoms with Crippen molar-refractivity contribution < 1.29 is 23.1 Å². The highest BCUT2D eigenvalue weighted by atomic mass is 32.2. The van der Waals surface area contributed by atoms with Gasteiger partial charge >= 0.3 is 12.0 Å². The van der Waals surface area contributed by atoms with Gasteiger partial charge in [0.05, 0.1) is 5.75 Å². The molecule has 1 unspecified atom stereocenters. The van der Waals surface area contributed by atoms with Crippen molar-refractivity contribution in [2.45, 2.75) is 12.5 Å². The van der Waals surface area contributed by atoms with Crippen LogP contribution in [-0.2, 0) is 21.2 Å². The smallest absolute Gasteiger partial charge is 0.331 e. The molecule has 0 bridgehead atoms. The van der Waals surface area contributed by atoms with Crippen LogP contribution in [0.1, 0.15) is 16.5 Å². The summed E-state index contributed by atoms with van der Waals surface area (Å²) in [7, 11) is -3.67. The predicted molar refractivity (Wildman–Crippen MR) is 76.5 cm³/mol. The van der Waals surface area contributed by atoms with Crippen molar-refractivity contribution in [2.24, 2.45) is 5.14 Å². The van der Waals surface area contributed by atoms with E-state index in [1.807, 2.05) is 0 Å². The summed E-state index contributed by atoms with van der Waals surface area (Å²) < 4.78 is 21.6. The number of nitrogens with one attached hydrogen (secondary N) is 1. The molecule has 0 aromatic carbocycles.